The van der Waals surface area contributed by atoms with Gasteiger partial charge in [-0.05, 0) is 35.4 Å². The molecule has 0 radical (unpaired) electrons. The van der Waals surface area contributed by atoms with Crippen LogP contribution in [-0.4, -0.2) is 13.1 Å². The van der Waals surface area contributed by atoms with Crippen LogP contribution < -0.4 is 5.19 Å². The number of fused-ring (bicyclic) bond motifs is 1. The van der Waals surface area contributed by atoms with Crippen molar-refractivity contribution in [1.29, 1.82) is 0 Å². The average Bonchev–Trinajstić information content (AvgIpc) is 2.66. The molecule has 4 aromatic rings. The zero-order valence-corrected chi connectivity index (χ0v) is 16.8. The van der Waals surface area contributed by atoms with Crippen LogP contribution in [0.25, 0.3) is 33.3 Å². The molecule has 0 saturated carbocycles. The zero-order chi connectivity index (χ0) is 19.0. The van der Waals surface area contributed by atoms with E-state index < -0.39 is 8.07 Å². The number of hydrogen-bond donors (Lipinski definition) is 0. The van der Waals surface area contributed by atoms with E-state index in [0.29, 0.717) is 0 Å². The van der Waals surface area contributed by atoms with Crippen LogP contribution >= 0.6 is 0 Å². The molecular formula is C24H22FNSi. The Bertz CT molecular complexity index is 1110. The van der Waals surface area contributed by atoms with Crippen LogP contribution in [0.1, 0.15) is 0 Å². The Balaban J connectivity index is 2.02. The Hall–Kier alpha value is -2.78. The highest BCUT2D eigenvalue weighted by Crippen LogP contribution is 2.32. The lowest BCUT2D eigenvalue weighted by molar-refractivity contribution is 0.628. The number of benzene rings is 3. The van der Waals surface area contributed by atoms with E-state index in [0.717, 1.165) is 33.3 Å². The van der Waals surface area contributed by atoms with Crippen molar-refractivity contribution in [2.75, 3.05) is 0 Å². The van der Waals surface area contributed by atoms with Crippen LogP contribution in [0.5, 0.6) is 0 Å². The van der Waals surface area contributed by atoms with Crippen molar-refractivity contribution >= 4 is 24.2 Å². The van der Waals surface area contributed by atoms with Crippen molar-refractivity contribution in [2.24, 2.45) is 0 Å². The number of halogens is 1. The maximum atomic E-state index is 13.8. The predicted octanol–water partition coefficient (Wildman–Crippen LogP) is 6.25. The van der Waals surface area contributed by atoms with Crippen LogP contribution in [-0.2, 0) is 0 Å². The third kappa shape index (κ3) is 3.56. The second kappa shape index (κ2) is 6.75. The SMILES string of the molecule is C[Si](C)(C)c1ccc2nc(-c3cccc(F)c3)cc(-c3ccccc3)c2c1. The summed E-state index contributed by atoms with van der Waals surface area (Å²) >= 11 is 0. The van der Waals surface area contributed by atoms with Gasteiger partial charge in [0.15, 0.2) is 0 Å². The lowest BCUT2D eigenvalue weighted by Gasteiger charge is -2.18. The minimum atomic E-state index is -1.44. The molecule has 0 amide bonds. The summed E-state index contributed by atoms with van der Waals surface area (Å²) in [6, 6.07) is 25.7. The Kier molecular flexibility index (Phi) is 4.40. The van der Waals surface area contributed by atoms with E-state index in [1.54, 1.807) is 12.1 Å². The van der Waals surface area contributed by atoms with E-state index in [1.807, 2.05) is 24.3 Å². The lowest BCUT2D eigenvalue weighted by atomic mass is 9.98. The van der Waals surface area contributed by atoms with Crippen molar-refractivity contribution < 1.29 is 4.39 Å². The maximum absolute atomic E-state index is 13.8. The third-order valence-corrected chi connectivity index (χ3v) is 6.92. The summed E-state index contributed by atoms with van der Waals surface area (Å²) in [5, 5.41) is 2.56. The van der Waals surface area contributed by atoms with Gasteiger partial charge in [0.1, 0.15) is 5.82 Å². The fraction of sp³-hybridized carbons (Fsp3) is 0.125. The molecule has 0 N–H and O–H groups in total. The van der Waals surface area contributed by atoms with Crippen LogP contribution in [0.3, 0.4) is 0 Å². The smallest absolute Gasteiger partial charge is 0.123 e. The molecule has 1 heterocycles. The molecule has 27 heavy (non-hydrogen) atoms. The van der Waals surface area contributed by atoms with Crippen molar-refractivity contribution in [1.82, 2.24) is 4.98 Å². The molecule has 1 nitrogen and oxygen atoms in total. The largest absolute Gasteiger partial charge is 0.248 e. The van der Waals surface area contributed by atoms with Crippen molar-refractivity contribution in [3.05, 3.63) is 84.7 Å². The van der Waals surface area contributed by atoms with E-state index in [-0.39, 0.29) is 5.82 Å². The van der Waals surface area contributed by atoms with Crippen LogP contribution in [0, 0.1) is 5.82 Å². The number of hydrogen-bond acceptors (Lipinski definition) is 1. The van der Waals surface area contributed by atoms with E-state index in [9.17, 15) is 4.39 Å². The standard InChI is InChI=1S/C24H22FNSi/c1-27(2,3)20-12-13-23-22(15-20)21(17-8-5-4-6-9-17)16-24(26-23)18-10-7-11-19(25)14-18/h4-16H,1-3H3. The first-order chi connectivity index (χ1) is 12.9. The minimum absolute atomic E-state index is 0.246. The van der Waals surface area contributed by atoms with Gasteiger partial charge in [0, 0.05) is 10.9 Å². The van der Waals surface area contributed by atoms with Gasteiger partial charge in [0.2, 0.25) is 0 Å². The summed E-state index contributed by atoms with van der Waals surface area (Å²) in [5.41, 5.74) is 4.82. The zero-order valence-electron chi connectivity index (χ0n) is 15.8. The molecule has 0 saturated heterocycles. The molecule has 0 aliphatic carbocycles. The number of rotatable bonds is 3. The van der Waals surface area contributed by atoms with Gasteiger partial charge in [-0.2, -0.15) is 0 Å². The fourth-order valence-corrected chi connectivity index (χ4v) is 4.51. The number of pyridine rings is 1. The normalized spacial score (nSPS) is 11.7. The van der Waals surface area contributed by atoms with Crippen molar-refractivity contribution in [3.8, 4) is 22.4 Å². The molecule has 0 unspecified atom stereocenters. The molecule has 0 atom stereocenters. The molecule has 3 aromatic carbocycles. The summed E-state index contributed by atoms with van der Waals surface area (Å²) in [5.74, 6) is -0.246. The first-order valence-corrected chi connectivity index (χ1v) is 12.7. The van der Waals surface area contributed by atoms with Gasteiger partial charge in [0.05, 0.1) is 19.3 Å². The Morgan fingerprint density at radius 3 is 2.19 bits per heavy atom. The highest BCUT2D eigenvalue weighted by Gasteiger charge is 2.18. The van der Waals surface area contributed by atoms with Gasteiger partial charge >= 0.3 is 0 Å². The fourth-order valence-electron chi connectivity index (χ4n) is 3.34. The maximum Gasteiger partial charge on any atom is 0.123 e. The number of nitrogens with zero attached hydrogens (tertiary/aromatic N) is 1. The van der Waals surface area contributed by atoms with E-state index in [2.05, 4.69) is 56.0 Å². The summed E-state index contributed by atoms with van der Waals surface area (Å²) in [4.78, 5) is 4.84. The predicted molar refractivity (Wildman–Crippen MR) is 116 cm³/mol. The molecule has 4 rings (SSSR count). The Morgan fingerprint density at radius 2 is 1.48 bits per heavy atom. The van der Waals surface area contributed by atoms with Gasteiger partial charge in [-0.1, -0.05) is 79.4 Å². The van der Waals surface area contributed by atoms with Crippen molar-refractivity contribution in [3.63, 3.8) is 0 Å². The first-order valence-electron chi connectivity index (χ1n) is 9.18. The number of aromatic nitrogens is 1. The molecule has 134 valence electrons. The second-order valence-electron chi connectivity index (χ2n) is 7.91. The third-order valence-electron chi connectivity index (χ3n) is 4.88. The Morgan fingerprint density at radius 1 is 0.741 bits per heavy atom. The first kappa shape index (κ1) is 17.6. The van der Waals surface area contributed by atoms with Gasteiger partial charge < -0.3 is 0 Å². The summed E-state index contributed by atoms with van der Waals surface area (Å²) in [7, 11) is -1.44. The minimum Gasteiger partial charge on any atom is -0.248 e. The van der Waals surface area contributed by atoms with Gasteiger partial charge in [-0.15, -0.1) is 0 Å². The highest BCUT2D eigenvalue weighted by atomic mass is 28.3. The highest BCUT2D eigenvalue weighted by molar-refractivity contribution is 6.88. The van der Waals surface area contributed by atoms with E-state index in [1.165, 1.54) is 11.3 Å². The molecular weight excluding hydrogens is 349 g/mol. The lowest BCUT2D eigenvalue weighted by Crippen LogP contribution is -2.37. The quantitative estimate of drug-likeness (QED) is 0.388. The topological polar surface area (TPSA) is 12.9 Å². The monoisotopic (exact) mass is 371 g/mol. The summed E-state index contributed by atoms with van der Waals surface area (Å²) in [6.07, 6.45) is 0. The van der Waals surface area contributed by atoms with E-state index >= 15 is 0 Å². The average molecular weight is 372 g/mol. The molecule has 3 heteroatoms. The molecule has 0 fully saturated rings. The van der Waals surface area contributed by atoms with E-state index in [4.69, 9.17) is 4.98 Å². The molecule has 0 spiro atoms. The van der Waals surface area contributed by atoms with Crippen LogP contribution in [0.2, 0.25) is 19.6 Å². The van der Waals surface area contributed by atoms with Gasteiger partial charge in [-0.3, -0.25) is 0 Å². The second-order valence-corrected chi connectivity index (χ2v) is 13.0. The molecule has 0 aliphatic heterocycles. The summed E-state index contributed by atoms with van der Waals surface area (Å²) < 4.78 is 13.8. The van der Waals surface area contributed by atoms with Crippen LogP contribution in [0.15, 0.2) is 78.9 Å². The van der Waals surface area contributed by atoms with Crippen molar-refractivity contribution in [2.45, 2.75) is 19.6 Å². The summed E-state index contributed by atoms with van der Waals surface area (Å²) in [6.45, 7) is 7.06. The van der Waals surface area contributed by atoms with Gasteiger partial charge in [-0.25, -0.2) is 9.37 Å². The van der Waals surface area contributed by atoms with Crippen LogP contribution in [0.4, 0.5) is 4.39 Å². The molecule has 0 aliphatic rings. The Labute approximate surface area is 160 Å². The molecule has 0 bridgehead atoms. The van der Waals surface area contributed by atoms with Gasteiger partial charge in [0.25, 0.3) is 0 Å². The molecule has 1 aromatic heterocycles.